The molecule has 34 heavy (non-hydrogen) atoms. The lowest BCUT2D eigenvalue weighted by atomic mass is 10.0. The first kappa shape index (κ1) is 23.5. The molecule has 9 nitrogen and oxygen atoms in total. The molecule has 3 aromatic rings. The Morgan fingerprint density at radius 3 is 2.53 bits per heavy atom. The molecule has 0 saturated heterocycles. The van der Waals surface area contributed by atoms with Crippen LogP contribution in [0.5, 0.6) is 0 Å². The molecular formula is C23H20FN3O6S. The van der Waals surface area contributed by atoms with E-state index in [-0.39, 0.29) is 46.7 Å². The Morgan fingerprint density at radius 1 is 1.12 bits per heavy atom. The maximum atomic E-state index is 13.9. The Bertz CT molecular complexity index is 1450. The maximum absolute atomic E-state index is 13.9. The van der Waals surface area contributed by atoms with E-state index in [1.165, 1.54) is 43.3 Å². The molecule has 176 valence electrons. The van der Waals surface area contributed by atoms with Crippen molar-refractivity contribution in [3.05, 3.63) is 70.7 Å². The highest BCUT2D eigenvalue weighted by Gasteiger charge is 2.39. The Hall–Kier alpha value is -3.70. The van der Waals surface area contributed by atoms with Crippen LogP contribution in [0.15, 0.2) is 47.4 Å². The van der Waals surface area contributed by atoms with E-state index in [9.17, 15) is 27.2 Å². The molecule has 0 fully saturated rings. The second-order valence-electron chi connectivity index (χ2n) is 7.64. The third-order valence-electron chi connectivity index (χ3n) is 5.40. The van der Waals surface area contributed by atoms with Gasteiger partial charge < -0.3 is 4.74 Å². The third kappa shape index (κ3) is 4.27. The number of carbonyl (C=O) groups excluding carboxylic acids is 3. The third-order valence-corrected chi connectivity index (χ3v) is 6.80. The largest absolute Gasteiger partial charge is 0.464 e. The summed E-state index contributed by atoms with van der Waals surface area (Å²) in [4.78, 5) is 42.1. The minimum absolute atomic E-state index is 0.0430. The van der Waals surface area contributed by atoms with Gasteiger partial charge in [0, 0.05) is 24.4 Å². The second kappa shape index (κ2) is 8.92. The van der Waals surface area contributed by atoms with Gasteiger partial charge in [-0.05, 0) is 31.2 Å². The first-order chi connectivity index (χ1) is 16.1. The SMILES string of the molecule is CC(=O)OCCN1C(=O)c2c(C)nc3ccc(S(=O)(=O)NCc4ccccc4F)cc3c2C1=O. The Labute approximate surface area is 194 Å². The first-order valence-electron chi connectivity index (χ1n) is 10.3. The van der Waals surface area contributed by atoms with Crippen molar-refractivity contribution in [2.75, 3.05) is 13.2 Å². The number of esters is 1. The predicted octanol–water partition coefficient (Wildman–Crippen LogP) is 2.32. The van der Waals surface area contributed by atoms with Crippen LogP contribution in [0.3, 0.4) is 0 Å². The summed E-state index contributed by atoms with van der Waals surface area (Å²) in [7, 11) is -4.07. The van der Waals surface area contributed by atoms with E-state index in [4.69, 9.17) is 4.74 Å². The summed E-state index contributed by atoms with van der Waals surface area (Å²) in [5, 5.41) is 0.197. The van der Waals surface area contributed by atoms with Crippen LogP contribution in [-0.4, -0.2) is 49.2 Å². The lowest BCUT2D eigenvalue weighted by Crippen LogP contribution is -2.33. The number of amides is 2. The molecule has 0 radical (unpaired) electrons. The highest BCUT2D eigenvalue weighted by Crippen LogP contribution is 2.32. The van der Waals surface area contributed by atoms with Gasteiger partial charge in [0.25, 0.3) is 11.8 Å². The number of halogens is 1. The van der Waals surface area contributed by atoms with Crippen molar-refractivity contribution in [3.8, 4) is 0 Å². The van der Waals surface area contributed by atoms with Crippen LogP contribution >= 0.6 is 0 Å². The zero-order valence-electron chi connectivity index (χ0n) is 18.3. The van der Waals surface area contributed by atoms with Crippen LogP contribution < -0.4 is 4.72 Å². The van der Waals surface area contributed by atoms with Gasteiger partial charge in [0.05, 0.1) is 33.8 Å². The highest BCUT2D eigenvalue weighted by molar-refractivity contribution is 7.89. The van der Waals surface area contributed by atoms with E-state index in [2.05, 4.69) is 9.71 Å². The molecule has 2 heterocycles. The van der Waals surface area contributed by atoms with Crippen molar-refractivity contribution in [2.24, 2.45) is 0 Å². The monoisotopic (exact) mass is 485 g/mol. The molecule has 0 saturated carbocycles. The topological polar surface area (TPSA) is 123 Å². The number of nitrogens with zero attached hydrogens (tertiary/aromatic N) is 2. The fourth-order valence-electron chi connectivity index (χ4n) is 3.76. The van der Waals surface area contributed by atoms with E-state index >= 15 is 0 Å². The van der Waals surface area contributed by atoms with E-state index in [1.807, 2.05) is 0 Å². The van der Waals surface area contributed by atoms with Crippen molar-refractivity contribution in [3.63, 3.8) is 0 Å². The number of nitrogens with one attached hydrogen (secondary N) is 1. The highest BCUT2D eigenvalue weighted by atomic mass is 32.2. The summed E-state index contributed by atoms with van der Waals surface area (Å²) in [5.74, 6) is -2.31. The van der Waals surface area contributed by atoms with Crippen molar-refractivity contribution >= 4 is 38.7 Å². The number of sulfonamides is 1. The molecule has 1 aliphatic heterocycles. The lowest BCUT2D eigenvalue weighted by molar-refractivity contribution is -0.141. The molecular weight excluding hydrogens is 465 g/mol. The number of benzene rings is 2. The molecule has 1 aromatic heterocycles. The minimum atomic E-state index is -4.07. The standard InChI is InChI=1S/C23H20FN3O6S/c1-13-20-21(23(30)27(22(20)29)9-10-33-14(2)28)17-11-16(7-8-19(17)26-13)34(31,32)25-12-15-5-3-4-6-18(15)24/h3-8,11,25H,9-10,12H2,1-2H3. The maximum Gasteiger partial charge on any atom is 0.302 e. The van der Waals surface area contributed by atoms with Gasteiger partial charge >= 0.3 is 5.97 Å². The molecule has 11 heteroatoms. The molecule has 0 aliphatic carbocycles. The summed E-state index contributed by atoms with van der Waals surface area (Å²) < 4.78 is 46.8. The average Bonchev–Trinajstić information content (AvgIpc) is 3.04. The lowest BCUT2D eigenvalue weighted by Gasteiger charge is -2.13. The number of fused-ring (bicyclic) bond motifs is 3. The van der Waals surface area contributed by atoms with E-state index in [0.717, 1.165) is 4.90 Å². The Morgan fingerprint density at radius 2 is 1.82 bits per heavy atom. The zero-order valence-corrected chi connectivity index (χ0v) is 19.1. The van der Waals surface area contributed by atoms with Crippen LogP contribution in [0, 0.1) is 12.7 Å². The van der Waals surface area contributed by atoms with Crippen molar-refractivity contribution in [2.45, 2.75) is 25.3 Å². The first-order valence-corrected chi connectivity index (χ1v) is 11.8. The number of hydrogen-bond donors (Lipinski definition) is 1. The number of ether oxygens (including phenoxy) is 1. The van der Waals surface area contributed by atoms with Gasteiger partial charge in [0.1, 0.15) is 12.4 Å². The van der Waals surface area contributed by atoms with Gasteiger partial charge in [0.15, 0.2) is 0 Å². The molecule has 2 amide bonds. The molecule has 0 unspecified atom stereocenters. The van der Waals surface area contributed by atoms with Crippen LogP contribution in [0.2, 0.25) is 0 Å². The van der Waals surface area contributed by atoms with Crippen LogP contribution in [-0.2, 0) is 26.1 Å². The average molecular weight is 485 g/mol. The second-order valence-corrected chi connectivity index (χ2v) is 9.41. The molecule has 0 bridgehead atoms. The number of rotatable bonds is 7. The van der Waals surface area contributed by atoms with E-state index in [0.29, 0.717) is 11.2 Å². The van der Waals surface area contributed by atoms with Crippen LogP contribution in [0.25, 0.3) is 10.9 Å². The van der Waals surface area contributed by atoms with E-state index in [1.54, 1.807) is 13.0 Å². The van der Waals surface area contributed by atoms with Gasteiger partial charge in [-0.3, -0.25) is 24.3 Å². The summed E-state index contributed by atoms with van der Waals surface area (Å²) in [6, 6.07) is 9.82. The quantitative estimate of drug-likeness (QED) is 0.402. The number of imide groups is 1. The number of pyridine rings is 1. The minimum Gasteiger partial charge on any atom is -0.464 e. The predicted molar refractivity (Wildman–Crippen MR) is 119 cm³/mol. The summed E-state index contributed by atoms with van der Waals surface area (Å²) >= 11 is 0. The molecule has 2 aromatic carbocycles. The van der Waals surface area contributed by atoms with Crippen molar-refractivity contribution < 1.29 is 31.9 Å². The van der Waals surface area contributed by atoms with Crippen molar-refractivity contribution in [1.29, 1.82) is 0 Å². The van der Waals surface area contributed by atoms with Crippen molar-refractivity contribution in [1.82, 2.24) is 14.6 Å². The molecule has 4 rings (SSSR count). The summed E-state index contributed by atoms with van der Waals surface area (Å²) in [6.45, 7) is 2.23. The van der Waals surface area contributed by atoms with Gasteiger partial charge in [-0.25, -0.2) is 17.5 Å². The number of hydrogen-bond acceptors (Lipinski definition) is 7. The molecule has 0 atom stereocenters. The number of aryl methyl sites for hydroxylation is 1. The smallest absolute Gasteiger partial charge is 0.302 e. The number of aromatic nitrogens is 1. The summed E-state index contributed by atoms with van der Waals surface area (Å²) in [6.07, 6.45) is 0. The van der Waals surface area contributed by atoms with Gasteiger partial charge in [-0.1, -0.05) is 18.2 Å². The fourth-order valence-corrected chi connectivity index (χ4v) is 4.79. The number of carbonyl (C=O) groups is 3. The molecule has 1 aliphatic rings. The summed E-state index contributed by atoms with van der Waals surface area (Å²) in [5.41, 5.74) is 0.960. The van der Waals surface area contributed by atoms with Gasteiger partial charge in [-0.15, -0.1) is 0 Å². The molecule has 1 N–H and O–H groups in total. The Balaban J connectivity index is 1.70. The van der Waals surface area contributed by atoms with Crippen LogP contribution in [0.4, 0.5) is 4.39 Å². The zero-order chi connectivity index (χ0) is 24.6. The molecule has 0 spiro atoms. The Kier molecular flexibility index (Phi) is 6.15. The van der Waals surface area contributed by atoms with Gasteiger partial charge in [-0.2, -0.15) is 0 Å². The van der Waals surface area contributed by atoms with E-state index < -0.39 is 33.6 Å². The fraction of sp³-hybridized carbons (Fsp3) is 0.217. The normalized spacial score (nSPS) is 13.4. The van der Waals surface area contributed by atoms with Crippen LogP contribution in [0.1, 0.15) is 38.9 Å². The van der Waals surface area contributed by atoms with Gasteiger partial charge in [0.2, 0.25) is 10.0 Å².